The molecule has 23 heavy (non-hydrogen) atoms. The van der Waals surface area contributed by atoms with Gasteiger partial charge in [0.05, 0.1) is 0 Å². The number of likely N-dealkylation sites (tertiary alicyclic amines) is 1. The van der Waals surface area contributed by atoms with Crippen molar-refractivity contribution in [3.8, 4) is 0 Å². The van der Waals surface area contributed by atoms with E-state index in [2.05, 4.69) is 10.3 Å². The van der Waals surface area contributed by atoms with E-state index < -0.39 is 0 Å². The molecule has 6 heteroatoms. The molecule has 1 fully saturated rings. The number of nitrogens with zero attached hydrogens (tertiary/aromatic N) is 2. The molecule has 1 saturated heterocycles. The topological polar surface area (TPSA) is 75.4 Å². The first-order valence-corrected chi connectivity index (χ1v) is 7.92. The molecule has 0 aliphatic carbocycles. The number of aromatic nitrogens is 1. The van der Waals surface area contributed by atoms with Gasteiger partial charge in [-0.2, -0.15) is 0 Å². The van der Waals surface area contributed by atoms with Crippen molar-refractivity contribution in [1.82, 2.24) is 15.2 Å². The van der Waals surface area contributed by atoms with Crippen molar-refractivity contribution < 1.29 is 14.0 Å². The van der Waals surface area contributed by atoms with Gasteiger partial charge in [0.25, 0.3) is 0 Å². The summed E-state index contributed by atoms with van der Waals surface area (Å²) in [6.45, 7) is 5.19. The maximum atomic E-state index is 12.3. The zero-order valence-corrected chi connectivity index (χ0v) is 13.5. The van der Waals surface area contributed by atoms with E-state index >= 15 is 0 Å². The second kappa shape index (κ2) is 6.40. The second-order valence-electron chi connectivity index (χ2n) is 6.03. The Bertz CT molecular complexity index is 730. The maximum Gasteiger partial charge on any atom is 0.223 e. The summed E-state index contributed by atoms with van der Waals surface area (Å²) < 4.78 is 5.44. The van der Waals surface area contributed by atoms with Gasteiger partial charge in [-0.3, -0.25) is 9.59 Å². The number of aryl methyl sites for hydroxylation is 1. The minimum Gasteiger partial charge on any atom is -0.441 e. The quantitative estimate of drug-likeness (QED) is 0.940. The SMILES string of the molecule is CC(=O)N1CCC(C(=O)NCc2ccc3oc(C)nc3c2)CC1. The lowest BCUT2D eigenvalue weighted by Crippen LogP contribution is -2.42. The van der Waals surface area contributed by atoms with Gasteiger partial charge in [0, 0.05) is 39.4 Å². The van der Waals surface area contributed by atoms with Crippen LogP contribution in [0.25, 0.3) is 11.1 Å². The van der Waals surface area contributed by atoms with Crippen LogP contribution in [0.2, 0.25) is 0 Å². The van der Waals surface area contributed by atoms with Crippen LogP contribution in [-0.4, -0.2) is 34.8 Å². The number of hydrogen-bond acceptors (Lipinski definition) is 4. The summed E-state index contributed by atoms with van der Waals surface area (Å²) in [7, 11) is 0. The third-order valence-electron chi connectivity index (χ3n) is 4.34. The molecule has 1 aliphatic rings. The molecular formula is C17H21N3O3. The highest BCUT2D eigenvalue weighted by Crippen LogP contribution is 2.19. The van der Waals surface area contributed by atoms with Crippen molar-refractivity contribution in [3.63, 3.8) is 0 Å². The molecule has 0 unspecified atom stereocenters. The molecule has 2 aromatic rings. The monoisotopic (exact) mass is 315 g/mol. The Balaban J connectivity index is 1.55. The number of nitrogens with one attached hydrogen (secondary N) is 1. The number of amides is 2. The molecule has 1 N–H and O–H groups in total. The number of carbonyl (C=O) groups excluding carboxylic acids is 2. The summed E-state index contributed by atoms with van der Waals surface area (Å²) in [5, 5.41) is 2.98. The summed E-state index contributed by atoms with van der Waals surface area (Å²) in [5.41, 5.74) is 2.57. The molecule has 0 bridgehead atoms. The van der Waals surface area contributed by atoms with Crippen molar-refractivity contribution in [2.45, 2.75) is 33.2 Å². The number of piperidine rings is 1. The average Bonchev–Trinajstić information content (AvgIpc) is 2.92. The summed E-state index contributed by atoms with van der Waals surface area (Å²) >= 11 is 0. The highest BCUT2D eigenvalue weighted by molar-refractivity contribution is 5.80. The molecule has 0 saturated carbocycles. The third-order valence-corrected chi connectivity index (χ3v) is 4.34. The van der Waals surface area contributed by atoms with Gasteiger partial charge in [-0.1, -0.05) is 6.07 Å². The van der Waals surface area contributed by atoms with Crippen LogP contribution >= 0.6 is 0 Å². The van der Waals surface area contributed by atoms with E-state index in [1.54, 1.807) is 11.8 Å². The van der Waals surface area contributed by atoms with Gasteiger partial charge in [-0.05, 0) is 30.5 Å². The first-order chi connectivity index (χ1) is 11.0. The fourth-order valence-electron chi connectivity index (χ4n) is 2.99. The number of benzene rings is 1. The predicted molar refractivity (Wildman–Crippen MR) is 85.6 cm³/mol. The van der Waals surface area contributed by atoms with Gasteiger partial charge in [0.15, 0.2) is 11.5 Å². The largest absolute Gasteiger partial charge is 0.441 e. The number of oxazole rings is 1. The van der Waals surface area contributed by atoms with Crippen molar-refractivity contribution in [2.24, 2.45) is 5.92 Å². The van der Waals surface area contributed by atoms with Gasteiger partial charge >= 0.3 is 0 Å². The molecule has 6 nitrogen and oxygen atoms in total. The summed E-state index contributed by atoms with van der Waals surface area (Å²) in [6.07, 6.45) is 1.46. The van der Waals surface area contributed by atoms with Crippen LogP contribution in [0.3, 0.4) is 0 Å². The molecule has 3 rings (SSSR count). The molecule has 2 heterocycles. The van der Waals surface area contributed by atoms with Gasteiger partial charge in [-0.15, -0.1) is 0 Å². The molecule has 0 atom stereocenters. The highest BCUT2D eigenvalue weighted by atomic mass is 16.3. The molecule has 1 aliphatic heterocycles. The Labute approximate surface area is 134 Å². The summed E-state index contributed by atoms with van der Waals surface area (Å²) in [4.78, 5) is 29.7. The van der Waals surface area contributed by atoms with E-state index in [0.717, 1.165) is 29.5 Å². The van der Waals surface area contributed by atoms with E-state index in [1.807, 2.05) is 25.1 Å². The minimum absolute atomic E-state index is 0.0105. The van der Waals surface area contributed by atoms with E-state index in [1.165, 1.54) is 0 Å². The average molecular weight is 315 g/mol. The summed E-state index contributed by atoms with van der Waals surface area (Å²) in [5.74, 6) is 0.770. The van der Waals surface area contributed by atoms with Crippen LogP contribution in [0.4, 0.5) is 0 Å². The minimum atomic E-state index is -0.0105. The van der Waals surface area contributed by atoms with Gasteiger partial charge in [0.1, 0.15) is 5.52 Å². The standard InChI is InChI=1S/C17H21N3O3/c1-11-19-15-9-13(3-4-16(15)23-11)10-18-17(22)14-5-7-20(8-6-14)12(2)21/h3-4,9,14H,5-8,10H2,1-2H3,(H,18,22). The van der Waals surface area contributed by atoms with Crippen molar-refractivity contribution >= 4 is 22.9 Å². The molecule has 2 amide bonds. The number of hydrogen-bond donors (Lipinski definition) is 1. The Hall–Kier alpha value is -2.37. The van der Waals surface area contributed by atoms with E-state index in [9.17, 15) is 9.59 Å². The molecular weight excluding hydrogens is 294 g/mol. The van der Waals surface area contributed by atoms with Gasteiger partial charge in [0.2, 0.25) is 11.8 Å². The van der Waals surface area contributed by atoms with Crippen LogP contribution in [-0.2, 0) is 16.1 Å². The van der Waals surface area contributed by atoms with E-state index in [-0.39, 0.29) is 17.7 Å². The van der Waals surface area contributed by atoms with Gasteiger partial charge in [-0.25, -0.2) is 4.98 Å². The van der Waals surface area contributed by atoms with Crippen molar-refractivity contribution in [2.75, 3.05) is 13.1 Å². The predicted octanol–water partition coefficient (Wildman–Crippen LogP) is 2.01. The Morgan fingerprint density at radius 3 is 2.78 bits per heavy atom. The van der Waals surface area contributed by atoms with E-state index in [4.69, 9.17) is 4.42 Å². The number of rotatable bonds is 3. The van der Waals surface area contributed by atoms with Gasteiger partial charge < -0.3 is 14.6 Å². The normalized spacial score (nSPS) is 15.8. The van der Waals surface area contributed by atoms with E-state index in [0.29, 0.717) is 25.5 Å². The maximum absolute atomic E-state index is 12.3. The number of fused-ring (bicyclic) bond motifs is 1. The second-order valence-corrected chi connectivity index (χ2v) is 6.03. The van der Waals surface area contributed by atoms with Crippen LogP contribution in [0.5, 0.6) is 0 Å². The van der Waals surface area contributed by atoms with Crippen molar-refractivity contribution in [1.29, 1.82) is 0 Å². The molecule has 1 aromatic heterocycles. The van der Waals surface area contributed by atoms with Crippen molar-refractivity contribution in [3.05, 3.63) is 29.7 Å². The Morgan fingerprint density at radius 2 is 2.09 bits per heavy atom. The zero-order chi connectivity index (χ0) is 16.4. The van der Waals surface area contributed by atoms with Crippen LogP contribution in [0, 0.1) is 12.8 Å². The number of carbonyl (C=O) groups is 2. The lowest BCUT2D eigenvalue weighted by Gasteiger charge is -2.30. The molecule has 122 valence electrons. The highest BCUT2D eigenvalue weighted by Gasteiger charge is 2.25. The fraction of sp³-hybridized carbons (Fsp3) is 0.471. The summed E-state index contributed by atoms with van der Waals surface area (Å²) in [6, 6.07) is 5.75. The molecule has 1 aromatic carbocycles. The fourth-order valence-corrected chi connectivity index (χ4v) is 2.99. The lowest BCUT2D eigenvalue weighted by molar-refractivity contribution is -0.134. The smallest absolute Gasteiger partial charge is 0.223 e. The lowest BCUT2D eigenvalue weighted by atomic mass is 9.96. The van der Waals surface area contributed by atoms with Crippen LogP contribution in [0.1, 0.15) is 31.2 Å². The third kappa shape index (κ3) is 3.52. The zero-order valence-electron chi connectivity index (χ0n) is 13.5. The Kier molecular flexibility index (Phi) is 4.32. The molecule has 0 spiro atoms. The van der Waals surface area contributed by atoms with Crippen LogP contribution in [0.15, 0.2) is 22.6 Å². The molecule has 0 radical (unpaired) electrons. The first-order valence-electron chi connectivity index (χ1n) is 7.92. The Morgan fingerprint density at radius 1 is 1.35 bits per heavy atom. The first kappa shape index (κ1) is 15.5. The van der Waals surface area contributed by atoms with Crippen LogP contribution < -0.4 is 5.32 Å².